The van der Waals surface area contributed by atoms with Gasteiger partial charge in [0.05, 0.1) is 20.3 Å². The zero-order chi connectivity index (χ0) is 14.4. The molecule has 108 valence electrons. The van der Waals surface area contributed by atoms with E-state index < -0.39 is 0 Å². The molecule has 2 aromatic rings. The molecule has 0 saturated heterocycles. The molecule has 1 atom stereocenters. The van der Waals surface area contributed by atoms with Gasteiger partial charge in [-0.25, -0.2) is 4.98 Å². The number of rotatable bonds is 7. The predicted octanol–water partition coefficient (Wildman–Crippen LogP) is 3.40. The van der Waals surface area contributed by atoms with Crippen molar-refractivity contribution in [1.29, 1.82) is 0 Å². The molecule has 0 aliphatic heterocycles. The zero-order valence-corrected chi connectivity index (χ0v) is 12.9. The highest BCUT2D eigenvalue weighted by Crippen LogP contribution is 2.24. The monoisotopic (exact) mass is 292 g/mol. The van der Waals surface area contributed by atoms with E-state index in [2.05, 4.69) is 17.2 Å². The lowest BCUT2D eigenvalue weighted by atomic mass is 10.1. The van der Waals surface area contributed by atoms with E-state index in [1.807, 2.05) is 29.8 Å². The molecule has 1 N–H and O–H groups in total. The van der Waals surface area contributed by atoms with E-state index >= 15 is 0 Å². The summed E-state index contributed by atoms with van der Waals surface area (Å²) in [6, 6.07) is 6.20. The zero-order valence-electron chi connectivity index (χ0n) is 12.1. The minimum absolute atomic E-state index is 0.284. The van der Waals surface area contributed by atoms with Crippen LogP contribution in [0.3, 0.4) is 0 Å². The Morgan fingerprint density at radius 3 is 2.40 bits per heavy atom. The van der Waals surface area contributed by atoms with Crippen molar-refractivity contribution in [3.05, 3.63) is 40.3 Å². The Balaban J connectivity index is 2.06. The first-order valence-corrected chi connectivity index (χ1v) is 7.49. The number of nitrogens with one attached hydrogen (secondary N) is 1. The Hall–Kier alpha value is -1.59. The molecule has 0 spiro atoms. The molecule has 20 heavy (non-hydrogen) atoms. The summed E-state index contributed by atoms with van der Waals surface area (Å²) in [6.45, 7) is 2.91. The normalized spacial score (nSPS) is 12.2. The van der Waals surface area contributed by atoms with Gasteiger partial charge in [0, 0.05) is 24.2 Å². The van der Waals surface area contributed by atoms with E-state index in [9.17, 15) is 0 Å². The molecule has 5 heteroatoms. The third-order valence-electron chi connectivity index (χ3n) is 3.12. The molecule has 4 nitrogen and oxygen atoms in total. The average Bonchev–Trinajstić information content (AvgIpc) is 3.01. The topological polar surface area (TPSA) is 43.4 Å². The summed E-state index contributed by atoms with van der Waals surface area (Å²) in [5.74, 6) is 1.62. The van der Waals surface area contributed by atoms with Gasteiger partial charge in [0.25, 0.3) is 0 Å². The minimum atomic E-state index is 0.284. The fourth-order valence-electron chi connectivity index (χ4n) is 2.02. The summed E-state index contributed by atoms with van der Waals surface area (Å²) in [4.78, 5) is 4.37. The molecule has 0 radical (unpaired) electrons. The van der Waals surface area contributed by atoms with Gasteiger partial charge in [0.1, 0.15) is 16.5 Å². The Bertz CT molecular complexity index is 506. The number of benzene rings is 1. The van der Waals surface area contributed by atoms with Gasteiger partial charge >= 0.3 is 0 Å². The number of ether oxygens (including phenoxy) is 2. The second kappa shape index (κ2) is 7.26. The van der Waals surface area contributed by atoms with Crippen molar-refractivity contribution in [2.45, 2.75) is 25.9 Å². The lowest BCUT2D eigenvalue weighted by molar-refractivity contribution is 0.392. The summed E-state index contributed by atoms with van der Waals surface area (Å²) < 4.78 is 10.6. The lowest BCUT2D eigenvalue weighted by Gasteiger charge is -2.15. The first-order valence-electron chi connectivity index (χ1n) is 6.61. The molecule has 0 bridgehead atoms. The maximum absolute atomic E-state index is 5.28. The van der Waals surface area contributed by atoms with Crippen molar-refractivity contribution in [3.63, 3.8) is 0 Å². The molecule has 0 amide bonds. The number of hydrogen-bond acceptors (Lipinski definition) is 5. The van der Waals surface area contributed by atoms with E-state index in [1.165, 1.54) is 0 Å². The van der Waals surface area contributed by atoms with Gasteiger partial charge in [-0.15, -0.1) is 11.3 Å². The minimum Gasteiger partial charge on any atom is -0.497 e. The van der Waals surface area contributed by atoms with Gasteiger partial charge < -0.3 is 14.8 Å². The summed E-state index contributed by atoms with van der Waals surface area (Å²) in [7, 11) is 3.33. The fourth-order valence-corrected chi connectivity index (χ4v) is 2.82. The number of aromatic nitrogens is 1. The third kappa shape index (κ3) is 3.71. The SMILES string of the molecule is CCC(NCc1cc(OC)cc(OC)c1)c1nccs1. The van der Waals surface area contributed by atoms with Gasteiger partial charge in [0.2, 0.25) is 0 Å². The molecule has 0 aliphatic carbocycles. The van der Waals surface area contributed by atoms with Crippen LogP contribution in [0.1, 0.15) is 30.0 Å². The molecule has 0 saturated carbocycles. The van der Waals surface area contributed by atoms with Gasteiger partial charge in [-0.2, -0.15) is 0 Å². The van der Waals surface area contributed by atoms with E-state index in [-0.39, 0.29) is 6.04 Å². The third-order valence-corrected chi connectivity index (χ3v) is 4.01. The van der Waals surface area contributed by atoms with Crippen LogP contribution in [-0.2, 0) is 6.54 Å². The van der Waals surface area contributed by atoms with Crippen LogP contribution in [-0.4, -0.2) is 19.2 Å². The molecule has 1 unspecified atom stereocenters. The van der Waals surface area contributed by atoms with Gasteiger partial charge in [0.15, 0.2) is 0 Å². The van der Waals surface area contributed by atoms with Crippen molar-refractivity contribution >= 4 is 11.3 Å². The molecular weight excluding hydrogens is 272 g/mol. The van der Waals surface area contributed by atoms with Crippen molar-refractivity contribution in [3.8, 4) is 11.5 Å². The van der Waals surface area contributed by atoms with E-state index in [0.717, 1.165) is 35.0 Å². The van der Waals surface area contributed by atoms with Crippen LogP contribution in [0.4, 0.5) is 0 Å². The summed E-state index contributed by atoms with van der Waals surface area (Å²) in [6.07, 6.45) is 2.85. The number of nitrogens with zero attached hydrogens (tertiary/aromatic N) is 1. The average molecular weight is 292 g/mol. The Labute approximate surface area is 123 Å². The smallest absolute Gasteiger partial charge is 0.122 e. The van der Waals surface area contributed by atoms with E-state index in [4.69, 9.17) is 9.47 Å². The number of thiazole rings is 1. The highest BCUT2D eigenvalue weighted by Gasteiger charge is 2.11. The second-order valence-electron chi connectivity index (χ2n) is 4.43. The molecular formula is C15H20N2O2S. The van der Waals surface area contributed by atoms with Crippen LogP contribution in [0, 0.1) is 0 Å². The van der Waals surface area contributed by atoms with Gasteiger partial charge in [-0.3, -0.25) is 0 Å². The van der Waals surface area contributed by atoms with Crippen LogP contribution in [0.2, 0.25) is 0 Å². The standard InChI is InChI=1S/C15H20N2O2S/c1-4-14(15-16-5-6-20-15)17-10-11-7-12(18-2)9-13(8-11)19-3/h5-9,14,17H,4,10H2,1-3H3. The largest absolute Gasteiger partial charge is 0.497 e. The van der Waals surface area contributed by atoms with Crippen LogP contribution in [0.25, 0.3) is 0 Å². The first-order chi connectivity index (χ1) is 9.76. The fraction of sp³-hybridized carbons (Fsp3) is 0.400. The molecule has 0 fully saturated rings. The van der Waals surface area contributed by atoms with Crippen LogP contribution >= 0.6 is 11.3 Å². The van der Waals surface area contributed by atoms with Crippen molar-refractivity contribution in [2.75, 3.05) is 14.2 Å². The molecule has 1 heterocycles. The highest BCUT2D eigenvalue weighted by atomic mass is 32.1. The maximum Gasteiger partial charge on any atom is 0.122 e. The number of hydrogen-bond donors (Lipinski definition) is 1. The van der Waals surface area contributed by atoms with Crippen LogP contribution in [0.5, 0.6) is 11.5 Å². The summed E-state index contributed by atoms with van der Waals surface area (Å²) >= 11 is 1.68. The highest BCUT2D eigenvalue weighted by molar-refractivity contribution is 7.09. The van der Waals surface area contributed by atoms with Crippen LogP contribution < -0.4 is 14.8 Å². The van der Waals surface area contributed by atoms with Crippen molar-refractivity contribution in [1.82, 2.24) is 10.3 Å². The lowest BCUT2D eigenvalue weighted by Crippen LogP contribution is -2.20. The Morgan fingerprint density at radius 1 is 1.20 bits per heavy atom. The molecule has 0 aliphatic rings. The maximum atomic E-state index is 5.28. The van der Waals surface area contributed by atoms with Gasteiger partial charge in [-0.05, 0) is 24.1 Å². The summed E-state index contributed by atoms with van der Waals surface area (Å²) in [5, 5.41) is 6.66. The molecule has 2 rings (SSSR count). The second-order valence-corrected chi connectivity index (χ2v) is 5.36. The van der Waals surface area contributed by atoms with E-state index in [1.54, 1.807) is 25.6 Å². The molecule has 1 aromatic carbocycles. The summed E-state index contributed by atoms with van der Waals surface area (Å²) in [5.41, 5.74) is 1.14. The predicted molar refractivity (Wildman–Crippen MR) is 81.5 cm³/mol. The Kier molecular flexibility index (Phi) is 5.38. The van der Waals surface area contributed by atoms with E-state index in [0.29, 0.717) is 0 Å². The van der Waals surface area contributed by atoms with Crippen molar-refractivity contribution < 1.29 is 9.47 Å². The van der Waals surface area contributed by atoms with Crippen molar-refractivity contribution in [2.24, 2.45) is 0 Å². The quantitative estimate of drug-likeness (QED) is 0.849. The van der Waals surface area contributed by atoms with Gasteiger partial charge in [-0.1, -0.05) is 6.92 Å². The molecule has 1 aromatic heterocycles. The van der Waals surface area contributed by atoms with Crippen LogP contribution in [0.15, 0.2) is 29.8 Å². The first kappa shape index (κ1) is 14.8. The Morgan fingerprint density at radius 2 is 1.90 bits per heavy atom. The number of methoxy groups -OCH3 is 2.